The lowest BCUT2D eigenvalue weighted by Crippen LogP contribution is -2.20. The van der Waals surface area contributed by atoms with Gasteiger partial charge in [0.05, 0.1) is 0 Å². The maximum atomic E-state index is 11.9. The summed E-state index contributed by atoms with van der Waals surface area (Å²) < 4.78 is 0. The van der Waals surface area contributed by atoms with Crippen LogP contribution in [-0.4, -0.2) is 11.0 Å². The number of carbonyl (C=O) groups excluding carboxylic acids is 1. The molecule has 20 heavy (non-hydrogen) atoms. The highest BCUT2D eigenvalue weighted by molar-refractivity contribution is 5.91. The maximum absolute atomic E-state index is 11.9. The van der Waals surface area contributed by atoms with E-state index in [1.807, 2.05) is 30.3 Å². The van der Waals surface area contributed by atoms with Gasteiger partial charge in [0.25, 0.3) is 0 Å². The monoisotopic (exact) mass is 270 g/mol. The van der Waals surface area contributed by atoms with Gasteiger partial charge in [-0.15, -0.1) is 0 Å². The second-order valence-corrected chi connectivity index (χ2v) is 4.77. The Labute approximate surface area is 118 Å². The van der Waals surface area contributed by atoms with Crippen LogP contribution in [0.1, 0.15) is 23.6 Å². The molecule has 0 saturated carbocycles. The van der Waals surface area contributed by atoms with Crippen molar-refractivity contribution in [1.29, 1.82) is 0 Å². The summed E-state index contributed by atoms with van der Waals surface area (Å²) in [6.45, 7) is 1.78. The third-order valence-corrected chi connectivity index (χ3v) is 3.11. The number of aromatic hydroxyl groups is 1. The van der Waals surface area contributed by atoms with Crippen molar-refractivity contribution in [3.8, 4) is 5.75 Å². The second-order valence-electron chi connectivity index (χ2n) is 4.77. The molecule has 4 N–H and O–H groups in total. The number of anilines is 1. The van der Waals surface area contributed by atoms with Crippen LogP contribution in [0.5, 0.6) is 5.75 Å². The summed E-state index contributed by atoms with van der Waals surface area (Å²) in [6.07, 6.45) is 0.212. The van der Waals surface area contributed by atoms with Gasteiger partial charge in [-0.25, -0.2) is 0 Å². The Morgan fingerprint density at radius 1 is 1.25 bits per heavy atom. The Balaban J connectivity index is 1.97. The standard InChI is InChI=1S/C16H18N2O2/c1-11-9-13(7-8-15(11)19)18-16(20)10-14(17)12-5-3-2-4-6-12/h2-9,14,19H,10,17H2,1H3,(H,18,20). The van der Waals surface area contributed by atoms with Gasteiger partial charge in [-0.3, -0.25) is 4.79 Å². The van der Waals surface area contributed by atoms with E-state index in [-0.39, 0.29) is 24.1 Å². The summed E-state index contributed by atoms with van der Waals surface area (Å²) in [5.41, 5.74) is 8.31. The van der Waals surface area contributed by atoms with Crippen LogP contribution in [0, 0.1) is 6.92 Å². The van der Waals surface area contributed by atoms with E-state index in [9.17, 15) is 9.90 Å². The lowest BCUT2D eigenvalue weighted by Gasteiger charge is -2.12. The third-order valence-electron chi connectivity index (χ3n) is 3.11. The Kier molecular flexibility index (Phi) is 4.38. The van der Waals surface area contributed by atoms with Crippen molar-refractivity contribution in [2.45, 2.75) is 19.4 Å². The predicted octanol–water partition coefficient (Wildman–Crippen LogP) is 2.73. The highest BCUT2D eigenvalue weighted by Gasteiger charge is 2.11. The number of carbonyl (C=O) groups is 1. The van der Waals surface area contributed by atoms with E-state index in [1.165, 1.54) is 0 Å². The fourth-order valence-electron chi connectivity index (χ4n) is 1.96. The van der Waals surface area contributed by atoms with Gasteiger partial charge >= 0.3 is 0 Å². The number of rotatable bonds is 4. The first-order chi connectivity index (χ1) is 9.56. The summed E-state index contributed by atoms with van der Waals surface area (Å²) in [7, 11) is 0. The minimum absolute atomic E-state index is 0.147. The average molecular weight is 270 g/mol. The molecule has 0 heterocycles. The molecule has 2 aromatic rings. The Bertz CT molecular complexity index is 597. The van der Waals surface area contributed by atoms with Gasteiger partial charge in [0, 0.05) is 18.2 Å². The number of hydrogen-bond donors (Lipinski definition) is 3. The zero-order valence-electron chi connectivity index (χ0n) is 11.3. The molecule has 0 aliphatic rings. The number of phenolic OH excluding ortho intramolecular Hbond substituents is 1. The number of aryl methyl sites for hydroxylation is 1. The van der Waals surface area contributed by atoms with E-state index in [0.29, 0.717) is 5.69 Å². The third kappa shape index (κ3) is 3.59. The molecule has 0 bridgehead atoms. The molecular formula is C16H18N2O2. The topological polar surface area (TPSA) is 75.4 Å². The van der Waals surface area contributed by atoms with Crippen LogP contribution >= 0.6 is 0 Å². The van der Waals surface area contributed by atoms with Gasteiger partial charge in [-0.05, 0) is 36.2 Å². The molecule has 0 aromatic heterocycles. The molecule has 4 heteroatoms. The van der Waals surface area contributed by atoms with Crippen molar-refractivity contribution in [2.24, 2.45) is 5.73 Å². The highest BCUT2D eigenvalue weighted by Crippen LogP contribution is 2.21. The maximum Gasteiger partial charge on any atom is 0.226 e. The first-order valence-corrected chi connectivity index (χ1v) is 6.46. The van der Waals surface area contributed by atoms with Crippen LogP contribution in [0.4, 0.5) is 5.69 Å². The first kappa shape index (κ1) is 14.1. The summed E-state index contributed by atoms with van der Waals surface area (Å²) in [5, 5.41) is 12.2. The van der Waals surface area contributed by atoms with E-state index in [2.05, 4.69) is 5.32 Å². The van der Waals surface area contributed by atoms with E-state index in [0.717, 1.165) is 11.1 Å². The molecule has 0 saturated heterocycles. The number of nitrogens with one attached hydrogen (secondary N) is 1. The van der Waals surface area contributed by atoms with Crippen molar-refractivity contribution < 1.29 is 9.90 Å². The average Bonchev–Trinajstić information content (AvgIpc) is 2.44. The van der Waals surface area contributed by atoms with Crippen LogP contribution in [0.15, 0.2) is 48.5 Å². The Morgan fingerprint density at radius 3 is 2.60 bits per heavy atom. The molecule has 1 unspecified atom stereocenters. The minimum Gasteiger partial charge on any atom is -0.508 e. The molecule has 2 aromatic carbocycles. The molecule has 1 atom stereocenters. The van der Waals surface area contributed by atoms with Gasteiger partial charge < -0.3 is 16.2 Å². The van der Waals surface area contributed by atoms with Crippen LogP contribution < -0.4 is 11.1 Å². The van der Waals surface area contributed by atoms with Crippen LogP contribution in [0.3, 0.4) is 0 Å². The van der Waals surface area contributed by atoms with Gasteiger partial charge in [0.2, 0.25) is 5.91 Å². The number of phenols is 1. The Hall–Kier alpha value is -2.33. The molecule has 1 amide bonds. The van der Waals surface area contributed by atoms with Crippen molar-refractivity contribution in [2.75, 3.05) is 5.32 Å². The zero-order valence-corrected chi connectivity index (χ0v) is 11.3. The zero-order chi connectivity index (χ0) is 14.5. The van der Waals surface area contributed by atoms with E-state index in [1.54, 1.807) is 25.1 Å². The van der Waals surface area contributed by atoms with E-state index >= 15 is 0 Å². The second kappa shape index (κ2) is 6.21. The van der Waals surface area contributed by atoms with Crippen LogP contribution in [-0.2, 0) is 4.79 Å². The molecule has 2 rings (SSSR count). The van der Waals surface area contributed by atoms with E-state index in [4.69, 9.17) is 5.73 Å². The molecule has 0 aliphatic carbocycles. The first-order valence-electron chi connectivity index (χ1n) is 6.46. The van der Waals surface area contributed by atoms with Gasteiger partial charge in [0.15, 0.2) is 0 Å². The highest BCUT2D eigenvalue weighted by atomic mass is 16.3. The number of amides is 1. The molecule has 4 nitrogen and oxygen atoms in total. The molecule has 0 aliphatic heterocycles. The van der Waals surface area contributed by atoms with Gasteiger partial charge in [-0.1, -0.05) is 30.3 Å². The smallest absolute Gasteiger partial charge is 0.226 e. The summed E-state index contributed by atoms with van der Waals surface area (Å²) in [5.74, 6) is 0.0652. The molecule has 0 radical (unpaired) electrons. The van der Waals surface area contributed by atoms with Crippen LogP contribution in [0.25, 0.3) is 0 Å². The van der Waals surface area contributed by atoms with E-state index < -0.39 is 0 Å². The summed E-state index contributed by atoms with van der Waals surface area (Å²) in [4.78, 5) is 11.9. The molecule has 104 valence electrons. The summed E-state index contributed by atoms with van der Waals surface area (Å²) >= 11 is 0. The lowest BCUT2D eigenvalue weighted by molar-refractivity contribution is -0.116. The molecule has 0 spiro atoms. The van der Waals surface area contributed by atoms with Gasteiger partial charge in [0.1, 0.15) is 5.75 Å². The SMILES string of the molecule is Cc1cc(NC(=O)CC(N)c2ccccc2)ccc1O. The number of benzene rings is 2. The number of nitrogens with two attached hydrogens (primary N) is 1. The van der Waals surface area contributed by atoms with Crippen molar-refractivity contribution in [3.05, 3.63) is 59.7 Å². The van der Waals surface area contributed by atoms with Crippen molar-refractivity contribution in [3.63, 3.8) is 0 Å². The molecule has 0 fully saturated rings. The molecular weight excluding hydrogens is 252 g/mol. The van der Waals surface area contributed by atoms with Crippen molar-refractivity contribution >= 4 is 11.6 Å². The minimum atomic E-state index is -0.325. The van der Waals surface area contributed by atoms with Crippen molar-refractivity contribution in [1.82, 2.24) is 0 Å². The Morgan fingerprint density at radius 2 is 1.95 bits per heavy atom. The number of hydrogen-bond acceptors (Lipinski definition) is 3. The largest absolute Gasteiger partial charge is 0.508 e. The predicted molar refractivity (Wildman–Crippen MR) is 79.5 cm³/mol. The fraction of sp³-hybridized carbons (Fsp3) is 0.188. The van der Waals surface area contributed by atoms with Crippen LogP contribution in [0.2, 0.25) is 0 Å². The quantitative estimate of drug-likeness (QED) is 0.748. The fourth-order valence-corrected chi connectivity index (χ4v) is 1.96. The lowest BCUT2D eigenvalue weighted by atomic mass is 10.0. The summed E-state index contributed by atoms with van der Waals surface area (Å²) in [6, 6.07) is 14.1. The van der Waals surface area contributed by atoms with Gasteiger partial charge in [-0.2, -0.15) is 0 Å². The normalized spacial score (nSPS) is 11.9.